The SMILES string of the molecule is CC1(C)c2ccccc2N(c2c(C#N)c(C#N)c(N3c4ccccc4C(C)(C)c4ccccc43)c3c2C(C)(C)C(C)(C)C3(C)C)c2ccccc21. The smallest absolute Gasteiger partial charge is 0.103 e. The first-order valence-corrected chi connectivity index (χ1v) is 18.1. The van der Waals surface area contributed by atoms with Gasteiger partial charge in [-0.3, -0.25) is 0 Å². The van der Waals surface area contributed by atoms with Crippen LogP contribution in [0.15, 0.2) is 97.1 Å². The van der Waals surface area contributed by atoms with E-state index in [1.54, 1.807) is 0 Å². The van der Waals surface area contributed by atoms with Crippen LogP contribution in [0.3, 0.4) is 0 Å². The van der Waals surface area contributed by atoms with Crippen molar-refractivity contribution in [2.45, 2.75) is 90.9 Å². The Bertz CT molecular complexity index is 2130. The third-order valence-corrected chi connectivity index (χ3v) is 13.8. The molecule has 4 heteroatoms. The normalized spacial score (nSPS) is 19.1. The molecule has 1 aliphatic carbocycles. The van der Waals surface area contributed by atoms with Gasteiger partial charge in [0.2, 0.25) is 0 Å². The van der Waals surface area contributed by atoms with E-state index in [0.29, 0.717) is 11.1 Å². The maximum absolute atomic E-state index is 11.5. The summed E-state index contributed by atoms with van der Waals surface area (Å²) < 4.78 is 0. The van der Waals surface area contributed by atoms with Crippen LogP contribution < -0.4 is 9.80 Å². The molecule has 0 saturated carbocycles. The maximum Gasteiger partial charge on any atom is 0.103 e. The highest BCUT2D eigenvalue weighted by molar-refractivity contribution is 5.98. The minimum Gasteiger partial charge on any atom is -0.308 e. The number of nitriles is 2. The van der Waals surface area contributed by atoms with E-state index < -0.39 is 10.8 Å². The highest BCUT2D eigenvalue weighted by atomic mass is 15.2. The summed E-state index contributed by atoms with van der Waals surface area (Å²) in [4.78, 5) is 4.64. The van der Waals surface area contributed by atoms with Gasteiger partial charge in [0.25, 0.3) is 0 Å². The van der Waals surface area contributed by atoms with Gasteiger partial charge in [0.15, 0.2) is 0 Å². The molecule has 0 amide bonds. The van der Waals surface area contributed by atoms with Crippen LogP contribution in [0.2, 0.25) is 0 Å². The van der Waals surface area contributed by atoms with E-state index in [1.807, 2.05) is 0 Å². The number of hydrogen-bond acceptors (Lipinski definition) is 4. The average Bonchev–Trinajstić information content (AvgIpc) is 3.22. The van der Waals surface area contributed by atoms with Crippen molar-refractivity contribution < 1.29 is 0 Å². The molecule has 0 spiro atoms. The number of rotatable bonds is 2. The Morgan fingerprint density at radius 2 is 0.667 bits per heavy atom. The number of nitrogens with zero attached hydrogens (tertiary/aromatic N) is 4. The molecule has 254 valence electrons. The van der Waals surface area contributed by atoms with Crippen LogP contribution in [-0.2, 0) is 21.7 Å². The van der Waals surface area contributed by atoms with Gasteiger partial charge in [0, 0.05) is 10.8 Å². The van der Waals surface area contributed by atoms with Crippen LogP contribution >= 0.6 is 0 Å². The van der Waals surface area contributed by atoms with Gasteiger partial charge in [-0.1, -0.05) is 142 Å². The summed E-state index contributed by atoms with van der Waals surface area (Å²) in [6.07, 6.45) is 0. The second-order valence-electron chi connectivity index (χ2n) is 17.3. The van der Waals surface area contributed by atoms with Gasteiger partial charge < -0.3 is 9.80 Å². The summed E-state index contributed by atoms with van der Waals surface area (Å²) in [5.41, 5.74) is 12.1. The molecule has 0 atom stereocenters. The number of fused-ring (bicyclic) bond motifs is 5. The molecule has 51 heavy (non-hydrogen) atoms. The highest BCUT2D eigenvalue weighted by Crippen LogP contribution is 2.69. The molecule has 0 bridgehead atoms. The first-order valence-electron chi connectivity index (χ1n) is 18.1. The van der Waals surface area contributed by atoms with Crippen molar-refractivity contribution in [1.82, 2.24) is 0 Å². The molecule has 5 aromatic rings. The van der Waals surface area contributed by atoms with Crippen molar-refractivity contribution in [3.8, 4) is 12.1 Å². The van der Waals surface area contributed by atoms with Gasteiger partial charge in [-0.2, -0.15) is 10.5 Å². The van der Waals surface area contributed by atoms with Crippen molar-refractivity contribution in [1.29, 1.82) is 10.5 Å². The topological polar surface area (TPSA) is 54.1 Å². The van der Waals surface area contributed by atoms with Crippen molar-refractivity contribution >= 4 is 34.1 Å². The van der Waals surface area contributed by atoms with E-state index in [9.17, 15) is 10.5 Å². The molecule has 0 fully saturated rings. The molecule has 0 radical (unpaired) electrons. The number of benzene rings is 5. The van der Waals surface area contributed by atoms with Gasteiger partial charge >= 0.3 is 0 Å². The molecule has 4 nitrogen and oxygen atoms in total. The third-order valence-electron chi connectivity index (χ3n) is 13.8. The maximum atomic E-state index is 11.5. The minimum absolute atomic E-state index is 0.264. The second-order valence-corrected chi connectivity index (χ2v) is 17.3. The molecule has 0 unspecified atom stereocenters. The molecule has 8 rings (SSSR count). The monoisotopic (exact) mass is 666 g/mol. The second kappa shape index (κ2) is 10.4. The minimum atomic E-state index is -0.402. The Balaban J connectivity index is 1.60. The van der Waals surface area contributed by atoms with Crippen molar-refractivity contribution in [2.75, 3.05) is 9.80 Å². The molecule has 3 aliphatic rings. The molecule has 0 saturated heterocycles. The molecular formula is C47H46N4. The summed E-state index contributed by atoms with van der Waals surface area (Å²) >= 11 is 0. The van der Waals surface area contributed by atoms with E-state index >= 15 is 0 Å². The van der Waals surface area contributed by atoms with Crippen LogP contribution in [-0.4, -0.2) is 0 Å². The summed E-state index contributed by atoms with van der Waals surface area (Å²) in [6, 6.07) is 39.7. The van der Waals surface area contributed by atoms with Crippen LogP contribution in [0.5, 0.6) is 0 Å². The van der Waals surface area contributed by atoms with E-state index in [2.05, 4.69) is 188 Å². The Morgan fingerprint density at radius 3 is 0.922 bits per heavy atom. The molecule has 5 aromatic carbocycles. The van der Waals surface area contributed by atoms with Gasteiger partial charge in [0.05, 0.1) is 45.3 Å². The van der Waals surface area contributed by atoms with E-state index in [4.69, 9.17) is 0 Å². The van der Waals surface area contributed by atoms with Gasteiger partial charge in [-0.15, -0.1) is 0 Å². The summed E-state index contributed by atoms with van der Waals surface area (Å²) in [7, 11) is 0. The number of anilines is 6. The van der Waals surface area contributed by atoms with Gasteiger partial charge in [0.1, 0.15) is 12.1 Å². The standard InChI is InChI=1S/C47H46N4/c1-43(2)31-19-11-15-23-35(31)50(36-24-16-12-20-32(36)43)41-29(27-48)30(28-49)42(40-39(41)45(5,6)47(9,10)46(40,7)8)51-37-25-17-13-21-33(37)44(3,4)34-22-14-18-26-38(34)51/h11-26H,1-10H3. The predicted molar refractivity (Wildman–Crippen MR) is 209 cm³/mol. The quantitative estimate of drug-likeness (QED) is 0.188. The van der Waals surface area contributed by atoms with Crippen molar-refractivity contribution in [3.05, 3.63) is 142 Å². The highest BCUT2D eigenvalue weighted by Gasteiger charge is 2.61. The summed E-state index contributed by atoms with van der Waals surface area (Å²) in [5.74, 6) is 0. The molecule has 2 aliphatic heterocycles. The van der Waals surface area contributed by atoms with Crippen molar-refractivity contribution in [3.63, 3.8) is 0 Å². The van der Waals surface area contributed by atoms with Crippen LogP contribution in [0.1, 0.15) is 114 Å². The molecular weight excluding hydrogens is 621 g/mol. The largest absolute Gasteiger partial charge is 0.308 e. The first kappa shape index (κ1) is 32.9. The fourth-order valence-corrected chi connectivity index (χ4v) is 9.83. The lowest BCUT2D eigenvalue weighted by atomic mass is 9.59. The first-order chi connectivity index (χ1) is 24.1. The lowest BCUT2D eigenvalue weighted by Gasteiger charge is -2.46. The Kier molecular flexibility index (Phi) is 6.68. The number of hydrogen-bond donors (Lipinski definition) is 0. The lowest BCUT2D eigenvalue weighted by Crippen LogP contribution is -2.42. The van der Waals surface area contributed by atoms with E-state index in [0.717, 1.165) is 45.3 Å². The average molecular weight is 667 g/mol. The fourth-order valence-electron chi connectivity index (χ4n) is 9.83. The predicted octanol–water partition coefficient (Wildman–Crippen LogP) is 12.2. The van der Waals surface area contributed by atoms with Crippen LogP contribution in [0.4, 0.5) is 34.1 Å². The fraction of sp³-hybridized carbons (Fsp3) is 0.319. The lowest BCUT2D eigenvalue weighted by molar-refractivity contribution is 0.125. The summed E-state index contributed by atoms with van der Waals surface area (Å²) in [5, 5.41) is 22.9. The van der Waals surface area contributed by atoms with Crippen LogP contribution in [0, 0.1) is 28.1 Å². The van der Waals surface area contributed by atoms with Crippen LogP contribution in [0.25, 0.3) is 0 Å². The zero-order chi connectivity index (χ0) is 36.5. The summed E-state index contributed by atoms with van der Waals surface area (Å²) in [6.45, 7) is 23.2. The van der Waals surface area contributed by atoms with E-state index in [-0.39, 0.29) is 16.2 Å². The Hall–Kier alpha value is -5.32. The van der Waals surface area contributed by atoms with Crippen molar-refractivity contribution in [2.24, 2.45) is 5.41 Å². The molecule has 0 aromatic heterocycles. The Labute approximate surface area is 303 Å². The van der Waals surface area contributed by atoms with Gasteiger partial charge in [-0.05, 0) is 73.9 Å². The number of para-hydroxylation sites is 4. The molecule has 2 heterocycles. The zero-order valence-corrected chi connectivity index (χ0v) is 31.5. The van der Waals surface area contributed by atoms with E-state index in [1.165, 1.54) is 22.3 Å². The Morgan fingerprint density at radius 1 is 0.412 bits per heavy atom. The third kappa shape index (κ3) is 3.89. The molecule has 0 N–H and O–H groups in total. The van der Waals surface area contributed by atoms with Gasteiger partial charge in [-0.25, -0.2) is 0 Å². The zero-order valence-electron chi connectivity index (χ0n) is 31.5.